The SMILES string of the molecule is O=C(O)C1Cc2ccccc2CN1C(=O)c1cccc2cccnc12. The molecule has 0 saturated carbocycles. The van der Waals surface area contributed by atoms with Crippen molar-refractivity contribution in [2.24, 2.45) is 0 Å². The molecule has 1 aliphatic heterocycles. The molecule has 1 amide bonds. The van der Waals surface area contributed by atoms with Crippen molar-refractivity contribution >= 4 is 22.8 Å². The number of benzene rings is 2. The number of aromatic nitrogens is 1. The number of aliphatic carboxylic acids is 1. The van der Waals surface area contributed by atoms with Gasteiger partial charge in [-0.3, -0.25) is 9.78 Å². The number of para-hydroxylation sites is 1. The molecule has 2 aromatic carbocycles. The van der Waals surface area contributed by atoms with Crippen molar-refractivity contribution in [2.45, 2.75) is 19.0 Å². The van der Waals surface area contributed by atoms with Crippen LogP contribution in [0.4, 0.5) is 0 Å². The lowest BCUT2D eigenvalue weighted by molar-refractivity contribution is -0.142. The van der Waals surface area contributed by atoms with Gasteiger partial charge in [0.2, 0.25) is 0 Å². The van der Waals surface area contributed by atoms with Gasteiger partial charge in [0, 0.05) is 24.5 Å². The average Bonchev–Trinajstić information content (AvgIpc) is 2.66. The van der Waals surface area contributed by atoms with E-state index in [4.69, 9.17) is 0 Å². The fourth-order valence-electron chi connectivity index (χ4n) is 3.39. The van der Waals surface area contributed by atoms with Gasteiger partial charge in [0.15, 0.2) is 0 Å². The van der Waals surface area contributed by atoms with E-state index in [1.165, 1.54) is 4.90 Å². The molecule has 1 aliphatic rings. The van der Waals surface area contributed by atoms with Crippen molar-refractivity contribution in [3.63, 3.8) is 0 Å². The molecule has 0 fully saturated rings. The molecular weight excluding hydrogens is 316 g/mol. The third-order valence-electron chi connectivity index (χ3n) is 4.66. The zero-order chi connectivity index (χ0) is 17.4. The maximum absolute atomic E-state index is 13.2. The van der Waals surface area contributed by atoms with Crippen LogP contribution in [0, 0.1) is 0 Å². The van der Waals surface area contributed by atoms with E-state index < -0.39 is 12.0 Å². The Kier molecular flexibility index (Phi) is 3.69. The fraction of sp³-hybridized carbons (Fsp3) is 0.150. The summed E-state index contributed by atoms with van der Waals surface area (Å²) in [6.45, 7) is 0.287. The summed E-state index contributed by atoms with van der Waals surface area (Å²) in [5, 5.41) is 10.5. The number of rotatable bonds is 2. The summed E-state index contributed by atoms with van der Waals surface area (Å²) < 4.78 is 0. The number of hydrogen-bond acceptors (Lipinski definition) is 3. The Labute approximate surface area is 144 Å². The van der Waals surface area contributed by atoms with Crippen molar-refractivity contribution in [2.75, 3.05) is 0 Å². The van der Waals surface area contributed by atoms with Crippen LogP contribution in [0.3, 0.4) is 0 Å². The second-order valence-electron chi connectivity index (χ2n) is 6.14. The summed E-state index contributed by atoms with van der Waals surface area (Å²) in [5.74, 6) is -1.29. The standard InChI is InChI=1S/C20H16N2O3/c23-19(16-9-3-7-13-8-4-10-21-18(13)16)22-12-15-6-2-1-5-14(15)11-17(22)20(24)25/h1-10,17H,11-12H2,(H,24,25). The molecule has 1 atom stereocenters. The zero-order valence-corrected chi connectivity index (χ0v) is 13.4. The molecule has 4 rings (SSSR count). The van der Waals surface area contributed by atoms with Gasteiger partial charge in [-0.2, -0.15) is 0 Å². The average molecular weight is 332 g/mol. The Bertz CT molecular complexity index is 978. The first-order valence-corrected chi connectivity index (χ1v) is 8.09. The summed E-state index contributed by atoms with van der Waals surface area (Å²) in [6, 6.07) is 15.9. The van der Waals surface area contributed by atoms with Gasteiger partial charge in [-0.1, -0.05) is 42.5 Å². The smallest absolute Gasteiger partial charge is 0.326 e. The van der Waals surface area contributed by atoms with Crippen molar-refractivity contribution in [3.8, 4) is 0 Å². The van der Waals surface area contributed by atoms with Gasteiger partial charge in [-0.15, -0.1) is 0 Å². The fourth-order valence-corrected chi connectivity index (χ4v) is 3.39. The van der Waals surface area contributed by atoms with Gasteiger partial charge < -0.3 is 10.0 Å². The number of fused-ring (bicyclic) bond motifs is 2. The Morgan fingerprint density at radius 3 is 2.56 bits per heavy atom. The van der Waals surface area contributed by atoms with Crippen molar-refractivity contribution in [1.82, 2.24) is 9.88 Å². The zero-order valence-electron chi connectivity index (χ0n) is 13.4. The number of carboxylic acids is 1. The number of nitrogens with zero attached hydrogens (tertiary/aromatic N) is 2. The molecule has 1 N–H and O–H groups in total. The minimum Gasteiger partial charge on any atom is -0.480 e. The van der Waals surface area contributed by atoms with Crippen molar-refractivity contribution in [3.05, 3.63) is 77.5 Å². The van der Waals surface area contributed by atoms with E-state index >= 15 is 0 Å². The lowest BCUT2D eigenvalue weighted by Crippen LogP contribution is -2.48. The van der Waals surface area contributed by atoms with Crippen LogP contribution in [0.15, 0.2) is 60.8 Å². The largest absolute Gasteiger partial charge is 0.480 e. The monoisotopic (exact) mass is 332 g/mol. The molecule has 0 radical (unpaired) electrons. The lowest BCUT2D eigenvalue weighted by atomic mass is 9.93. The predicted octanol–water partition coefficient (Wildman–Crippen LogP) is 2.89. The van der Waals surface area contributed by atoms with Gasteiger partial charge in [0.25, 0.3) is 5.91 Å². The highest BCUT2D eigenvalue weighted by atomic mass is 16.4. The van der Waals surface area contributed by atoms with Gasteiger partial charge in [-0.25, -0.2) is 4.79 Å². The summed E-state index contributed by atoms with van der Waals surface area (Å²) in [5.41, 5.74) is 3.00. The third kappa shape index (κ3) is 2.63. The third-order valence-corrected chi connectivity index (χ3v) is 4.66. The lowest BCUT2D eigenvalue weighted by Gasteiger charge is -2.34. The van der Waals surface area contributed by atoms with Gasteiger partial charge >= 0.3 is 5.97 Å². The quantitative estimate of drug-likeness (QED) is 0.783. The molecule has 0 aliphatic carbocycles. The summed E-state index contributed by atoms with van der Waals surface area (Å²) in [6.07, 6.45) is 1.95. The normalized spacial score (nSPS) is 16.5. The molecule has 5 heteroatoms. The second kappa shape index (κ2) is 6.02. The number of carboxylic acid groups (broad SMARTS) is 1. The molecule has 0 saturated heterocycles. The Balaban J connectivity index is 1.79. The van der Waals surface area contributed by atoms with Crippen LogP contribution in [0.2, 0.25) is 0 Å². The second-order valence-corrected chi connectivity index (χ2v) is 6.14. The van der Waals surface area contributed by atoms with Crippen LogP contribution in [-0.4, -0.2) is 32.9 Å². The number of amides is 1. The molecule has 1 unspecified atom stereocenters. The molecule has 2 heterocycles. The first-order valence-electron chi connectivity index (χ1n) is 8.09. The molecule has 124 valence electrons. The molecule has 25 heavy (non-hydrogen) atoms. The van der Waals surface area contributed by atoms with Crippen LogP contribution in [0.25, 0.3) is 10.9 Å². The van der Waals surface area contributed by atoms with Crippen LogP contribution in [0.1, 0.15) is 21.5 Å². The Hall–Kier alpha value is -3.21. The van der Waals surface area contributed by atoms with Crippen LogP contribution in [0.5, 0.6) is 0 Å². The van der Waals surface area contributed by atoms with E-state index in [0.717, 1.165) is 16.5 Å². The number of pyridine rings is 1. The van der Waals surface area contributed by atoms with Gasteiger partial charge in [0.05, 0.1) is 11.1 Å². The Morgan fingerprint density at radius 2 is 1.76 bits per heavy atom. The van der Waals surface area contributed by atoms with E-state index in [-0.39, 0.29) is 12.5 Å². The van der Waals surface area contributed by atoms with Gasteiger partial charge in [-0.05, 0) is 23.3 Å². The molecule has 3 aromatic rings. The summed E-state index contributed by atoms with van der Waals surface area (Å²) in [4.78, 5) is 30.7. The van der Waals surface area contributed by atoms with E-state index in [2.05, 4.69) is 4.98 Å². The van der Waals surface area contributed by atoms with E-state index in [1.54, 1.807) is 18.3 Å². The van der Waals surface area contributed by atoms with E-state index in [9.17, 15) is 14.7 Å². The number of carbonyl (C=O) groups is 2. The Morgan fingerprint density at radius 1 is 1.00 bits per heavy atom. The van der Waals surface area contributed by atoms with Gasteiger partial charge in [0.1, 0.15) is 6.04 Å². The highest BCUT2D eigenvalue weighted by Crippen LogP contribution is 2.27. The first-order chi connectivity index (χ1) is 12.1. The maximum Gasteiger partial charge on any atom is 0.326 e. The first kappa shape index (κ1) is 15.3. The minimum atomic E-state index is -0.990. The van der Waals surface area contributed by atoms with E-state index in [1.807, 2.05) is 42.5 Å². The van der Waals surface area contributed by atoms with Crippen LogP contribution >= 0.6 is 0 Å². The maximum atomic E-state index is 13.2. The highest BCUT2D eigenvalue weighted by Gasteiger charge is 2.35. The molecule has 0 bridgehead atoms. The molecule has 1 aromatic heterocycles. The number of hydrogen-bond donors (Lipinski definition) is 1. The van der Waals surface area contributed by atoms with E-state index in [0.29, 0.717) is 17.5 Å². The predicted molar refractivity (Wildman–Crippen MR) is 93.2 cm³/mol. The number of carbonyl (C=O) groups excluding carboxylic acids is 1. The summed E-state index contributed by atoms with van der Waals surface area (Å²) >= 11 is 0. The van der Waals surface area contributed by atoms with Crippen LogP contribution < -0.4 is 0 Å². The van der Waals surface area contributed by atoms with Crippen molar-refractivity contribution in [1.29, 1.82) is 0 Å². The van der Waals surface area contributed by atoms with Crippen molar-refractivity contribution < 1.29 is 14.7 Å². The van der Waals surface area contributed by atoms with Crippen LogP contribution in [-0.2, 0) is 17.8 Å². The summed E-state index contributed by atoms with van der Waals surface area (Å²) in [7, 11) is 0. The highest BCUT2D eigenvalue weighted by molar-refractivity contribution is 6.06. The molecular formula is C20H16N2O3. The minimum absolute atomic E-state index is 0.287. The molecule has 0 spiro atoms. The topological polar surface area (TPSA) is 70.5 Å². The molecule has 5 nitrogen and oxygen atoms in total.